The molecule has 0 bridgehead atoms. The fourth-order valence-electron chi connectivity index (χ4n) is 3.15. The molecule has 7 nitrogen and oxygen atoms in total. The highest BCUT2D eigenvalue weighted by molar-refractivity contribution is 8.00. The molecule has 1 aromatic carbocycles. The molecule has 2 atom stereocenters. The number of carbonyl (C=O) groups is 3. The summed E-state index contributed by atoms with van der Waals surface area (Å²) < 4.78 is 10.9. The van der Waals surface area contributed by atoms with Crippen molar-refractivity contribution in [3.05, 3.63) is 41.6 Å². The second-order valence-corrected chi connectivity index (χ2v) is 8.97. The van der Waals surface area contributed by atoms with Gasteiger partial charge in [0.15, 0.2) is 6.61 Å². The second kappa shape index (κ2) is 8.49. The first kappa shape index (κ1) is 21.2. The lowest BCUT2D eigenvalue weighted by atomic mass is 10.0. The molecule has 1 aromatic rings. The van der Waals surface area contributed by atoms with Gasteiger partial charge in [-0.05, 0) is 44.9 Å². The van der Waals surface area contributed by atoms with E-state index in [0.717, 1.165) is 5.57 Å². The zero-order chi connectivity index (χ0) is 21.2. The number of β-lactam (4-membered cyclic amide) rings is 1. The molecule has 156 valence electrons. The standard InChI is InChI=1S/C21H26N2O5S/c1-5-13-12-29-19-16(22-15(24)11-27-14-9-7-6-8-10-14)18(25)23(19)17(13)20(26)28-21(2,3)4/h6-10,16,19H,5,11-12H2,1-4H3,(H,22,24)/t16-,19-/m1/s1. The van der Waals surface area contributed by atoms with Crippen LogP contribution < -0.4 is 10.1 Å². The van der Waals surface area contributed by atoms with Gasteiger partial charge in [0.1, 0.15) is 28.5 Å². The third-order valence-electron chi connectivity index (χ3n) is 4.50. The van der Waals surface area contributed by atoms with Gasteiger partial charge in [0.05, 0.1) is 0 Å². The Labute approximate surface area is 174 Å². The predicted molar refractivity (Wildman–Crippen MR) is 110 cm³/mol. The number of hydrogen-bond donors (Lipinski definition) is 1. The first-order valence-corrected chi connectivity index (χ1v) is 10.6. The van der Waals surface area contributed by atoms with Gasteiger partial charge in [0, 0.05) is 5.75 Å². The molecule has 2 aliphatic heterocycles. The number of thioether (sulfide) groups is 1. The summed E-state index contributed by atoms with van der Waals surface area (Å²) in [6, 6.07) is 8.32. The van der Waals surface area contributed by atoms with Gasteiger partial charge in [-0.2, -0.15) is 0 Å². The number of rotatable bonds is 6. The van der Waals surface area contributed by atoms with E-state index in [9.17, 15) is 14.4 Å². The van der Waals surface area contributed by atoms with Crippen LogP contribution in [0.15, 0.2) is 41.6 Å². The second-order valence-electron chi connectivity index (χ2n) is 7.86. The minimum absolute atomic E-state index is 0.180. The van der Waals surface area contributed by atoms with Crippen molar-refractivity contribution in [1.29, 1.82) is 0 Å². The van der Waals surface area contributed by atoms with Crippen molar-refractivity contribution < 1.29 is 23.9 Å². The summed E-state index contributed by atoms with van der Waals surface area (Å²) in [5, 5.41) is 2.41. The van der Waals surface area contributed by atoms with Crippen molar-refractivity contribution in [3.8, 4) is 5.75 Å². The molecule has 8 heteroatoms. The van der Waals surface area contributed by atoms with Crippen LogP contribution in [0.5, 0.6) is 5.75 Å². The summed E-state index contributed by atoms with van der Waals surface area (Å²) in [6.45, 7) is 7.14. The van der Waals surface area contributed by atoms with Crippen LogP contribution in [-0.4, -0.2) is 52.1 Å². The van der Waals surface area contributed by atoms with E-state index in [2.05, 4.69) is 5.32 Å². The molecule has 2 heterocycles. The topological polar surface area (TPSA) is 84.9 Å². The van der Waals surface area contributed by atoms with Crippen LogP contribution in [0, 0.1) is 0 Å². The monoisotopic (exact) mass is 418 g/mol. The fourth-order valence-corrected chi connectivity index (χ4v) is 4.60. The highest BCUT2D eigenvalue weighted by Crippen LogP contribution is 2.41. The lowest BCUT2D eigenvalue weighted by molar-refractivity contribution is -0.159. The first-order valence-electron chi connectivity index (χ1n) is 9.58. The Bertz CT molecular complexity index is 831. The molecule has 1 N–H and O–H groups in total. The highest BCUT2D eigenvalue weighted by Gasteiger charge is 2.54. The van der Waals surface area contributed by atoms with Crippen LogP contribution in [0.2, 0.25) is 0 Å². The summed E-state index contributed by atoms with van der Waals surface area (Å²) >= 11 is 1.54. The lowest BCUT2D eigenvalue weighted by Gasteiger charge is -2.50. The number of esters is 1. The maximum atomic E-state index is 12.8. The van der Waals surface area contributed by atoms with Gasteiger partial charge in [-0.25, -0.2) is 4.79 Å². The molecule has 0 aliphatic carbocycles. The lowest BCUT2D eigenvalue weighted by Crippen LogP contribution is -2.71. The number of carbonyl (C=O) groups excluding carboxylic acids is 3. The zero-order valence-corrected chi connectivity index (χ0v) is 17.9. The Morgan fingerprint density at radius 3 is 2.55 bits per heavy atom. The van der Waals surface area contributed by atoms with E-state index in [-0.39, 0.29) is 23.8 Å². The molecule has 2 aliphatic rings. The smallest absolute Gasteiger partial charge is 0.355 e. The Balaban J connectivity index is 1.65. The minimum atomic E-state index is -0.678. The van der Waals surface area contributed by atoms with Crippen molar-refractivity contribution in [1.82, 2.24) is 10.2 Å². The van der Waals surface area contributed by atoms with Crippen LogP contribution in [0.3, 0.4) is 0 Å². The Morgan fingerprint density at radius 1 is 1.24 bits per heavy atom. The molecule has 1 saturated heterocycles. The van der Waals surface area contributed by atoms with Gasteiger partial charge in [0.2, 0.25) is 0 Å². The van der Waals surface area contributed by atoms with Gasteiger partial charge in [-0.15, -0.1) is 11.8 Å². The van der Waals surface area contributed by atoms with Crippen molar-refractivity contribution in [2.45, 2.75) is 51.1 Å². The zero-order valence-electron chi connectivity index (χ0n) is 17.1. The number of ether oxygens (including phenoxy) is 2. The summed E-state index contributed by atoms with van der Waals surface area (Å²) in [7, 11) is 0. The molecule has 0 radical (unpaired) electrons. The van der Waals surface area contributed by atoms with Crippen LogP contribution in [-0.2, 0) is 19.1 Å². The molecular formula is C21H26N2O5S. The minimum Gasteiger partial charge on any atom is -0.484 e. The van der Waals surface area contributed by atoms with Gasteiger partial charge < -0.3 is 14.8 Å². The normalized spacial score (nSPS) is 21.2. The Hall–Kier alpha value is -2.48. The van der Waals surface area contributed by atoms with Crippen molar-refractivity contribution in [3.63, 3.8) is 0 Å². The SMILES string of the molecule is CCC1=C(C(=O)OC(C)(C)C)N2C(=O)[C@@H](NC(=O)COc3ccccc3)[C@H]2SC1. The largest absolute Gasteiger partial charge is 0.484 e. The van der Waals surface area contributed by atoms with E-state index in [0.29, 0.717) is 23.6 Å². The maximum absolute atomic E-state index is 12.8. The highest BCUT2D eigenvalue weighted by atomic mass is 32.2. The van der Waals surface area contributed by atoms with Crippen LogP contribution in [0.25, 0.3) is 0 Å². The predicted octanol–water partition coefficient (Wildman–Crippen LogP) is 2.47. The number of nitrogens with one attached hydrogen (secondary N) is 1. The summed E-state index contributed by atoms with van der Waals surface area (Å²) in [6.07, 6.45) is 0.653. The van der Waals surface area contributed by atoms with E-state index in [4.69, 9.17) is 9.47 Å². The van der Waals surface area contributed by atoms with Crippen LogP contribution >= 0.6 is 11.8 Å². The molecule has 0 aromatic heterocycles. The van der Waals surface area contributed by atoms with Crippen LogP contribution in [0.4, 0.5) is 0 Å². The summed E-state index contributed by atoms with van der Waals surface area (Å²) in [5.74, 6) is 0.0228. The van der Waals surface area contributed by atoms with E-state index in [1.807, 2.05) is 25.1 Å². The molecular weight excluding hydrogens is 392 g/mol. The van der Waals surface area contributed by atoms with E-state index in [1.165, 1.54) is 16.7 Å². The Morgan fingerprint density at radius 2 is 1.93 bits per heavy atom. The maximum Gasteiger partial charge on any atom is 0.355 e. The molecule has 0 unspecified atom stereocenters. The van der Waals surface area contributed by atoms with Gasteiger partial charge in [-0.3, -0.25) is 14.5 Å². The Kier molecular flexibility index (Phi) is 6.21. The number of amides is 2. The molecule has 2 amide bonds. The number of hydrogen-bond acceptors (Lipinski definition) is 6. The first-order chi connectivity index (χ1) is 13.7. The van der Waals surface area contributed by atoms with E-state index < -0.39 is 17.6 Å². The van der Waals surface area contributed by atoms with E-state index >= 15 is 0 Å². The van der Waals surface area contributed by atoms with Crippen LogP contribution in [0.1, 0.15) is 34.1 Å². The average Bonchev–Trinajstić information content (AvgIpc) is 2.68. The third kappa shape index (κ3) is 4.75. The number of benzene rings is 1. The molecule has 0 saturated carbocycles. The fraction of sp³-hybridized carbons (Fsp3) is 0.476. The number of fused-ring (bicyclic) bond motifs is 1. The van der Waals surface area contributed by atoms with E-state index in [1.54, 1.807) is 32.9 Å². The van der Waals surface area contributed by atoms with Crippen molar-refractivity contribution >= 4 is 29.5 Å². The van der Waals surface area contributed by atoms with Crippen molar-refractivity contribution in [2.24, 2.45) is 0 Å². The van der Waals surface area contributed by atoms with Gasteiger partial charge in [-0.1, -0.05) is 25.1 Å². The molecule has 3 rings (SSSR count). The quantitative estimate of drug-likeness (QED) is 0.564. The molecule has 0 spiro atoms. The van der Waals surface area contributed by atoms with Gasteiger partial charge >= 0.3 is 5.97 Å². The summed E-state index contributed by atoms with van der Waals surface area (Å²) in [5.41, 5.74) is 0.549. The summed E-state index contributed by atoms with van der Waals surface area (Å²) in [4.78, 5) is 39.2. The number of nitrogens with zero attached hydrogens (tertiary/aromatic N) is 1. The average molecular weight is 419 g/mol. The van der Waals surface area contributed by atoms with Gasteiger partial charge in [0.25, 0.3) is 11.8 Å². The van der Waals surface area contributed by atoms with Crippen molar-refractivity contribution in [2.75, 3.05) is 12.4 Å². The molecule has 1 fully saturated rings. The third-order valence-corrected chi connectivity index (χ3v) is 5.84. The number of para-hydroxylation sites is 1. The molecule has 29 heavy (non-hydrogen) atoms.